The fourth-order valence-electron chi connectivity index (χ4n) is 3.42. The van der Waals surface area contributed by atoms with Crippen LogP contribution in [0.15, 0.2) is 18.2 Å². The van der Waals surface area contributed by atoms with E-state index in [1.165, 1.54) is 0 Å². The van der Waals surface area contributed by atoms with Gasteiger partial charge in [-0.25, -0.2) is 9.78 Å². The van der Waals surface area contributed by atoms with Gasteiger partial charge in [-0.2, -0.15) is 13.2 Å². The molecule has 2 aliphatic heterocycles. The molecule has 7 nitrogen and oxygen atoms in total. The SMILES string of the molecule is Cc1cccc(C(=O)N2CCC3(CCN(C)C3=O)CC2)n1.O=C(O)C(F)(F)F. The van der Waals surface area contributed by atoms with Crippen molar-refractivity contribution in [3.05, 3.63) is 29.6 Å². The fourth-order valence-corrected chi connectivity index (χ4v) is 3.42. The van der Waals surface area contributed by atoms with Crippen molar-refractivity contribution < 1.29 is 32.7 Å². The van der Waals surface area contributed by atoms with Gasteiger partial charge in [-0.3, -0.25) is 9.59 Å². The molecule has 2 saturated heterocycles. The second-order valence-corrected chi connectivity index (χ2v) is 7.02. The van der Waals surface area contributed by atoms with Crippen molar-refractivity contribution in [2.24, 2.45) is 5.41 Å². The summed E-state index contributed by atoms with van der Waals surface area (Å²) in [7, 11) is 1.87. The zero-order chi connectivity index (χ0) is 21.1. The normalized spacial score (nSPS) is 18.7. The van der Waals surface area contributed by atoms with Gasteiger partial charge in [0, 0.05) is 32.4 Å². The third-order valence-corrected chi connectivity index (χ3v) is 5.08. The second kappa shape index (κ2) is 8.15. The molecule has 0 aliphatic carbocycles. The average Bonchev–Trinajstić information content (AvgIpc) is 2.90. The Kier molecular flexibility index (Phi) is 6.30. The number of aromatic nitrogens is 1. The highest BCUT2D eigenvalue weighted by molar-refractivity contribution is 5.93. The van der Waals surface area contributed by atoms with Crippen LogP contribution in [0.2, 0.25) is 0 Å². The number of nitrogens with zero attached hydrogens (tertiary/aromatic N) is 3. The van der Waals surface area contributed by atoms with E-state index in [2.05, 4.69) is 4.98 Å². The first kappa shape index (κ1) is 21.6. The van der Waals surface area contributed by atoms with E-state index in [1.54, 1.807) is 6.07 Å². The van der Waals surface area contributed by atoms with E-state index in [1.807, 2.05) is 35.9 Å². The Labute approximate surface area is 160 Å². The maximum atomic E-state index is 12.5. The van der Waals surface area contributed by atoms with E-state index < -0.39 is 12.1 Å². The van der Waals surface area contributed by atoms with Crippen molar-refractivity contribution in [3.8, 4) is 0 Å². The molecule has 0 radical (unpaired) electrons. The fraction of sp³-hybridized carbons (Fsp3) is 0.556. The zero-order valence-corrected chi connectivity index (χ0v) is 15.6. The van der Waals surface area contributed by atoms with Crippen LogP contribution >= 0.6 is 0 Å². The van der Waals surface area contributed by atoms with Gasteiger partial charge in [-0.05, 0) is 38.3 Å². The number of alkyl halides is 3. The van der Waals surface area contributed by atoms with Crippen LogP contribution in [0.3, 0.4) is 0 Å². The van der Waals surface area contributed by atoms with Crippen molar-refractivity contribution in [2.45, 2.75) is 32.4 Å². The Hall–Kier alpha value is -2.65. The zero-order valence-electron chi connectivity index (χ0n) is 15.6. The van der Waals surface area contributed by atoms with Gasteiger partial charge >= 0.3 is 12.1 Å². The Bertz CT molecular complexity index is 759. The number of piperidine rings is 1. The van der Waals surface area contributed by atoms with Crippen LogP contribution in [0.5, 0.6) is 0 Å². The quantitative estimate of drug-likeness (QED) is 0.778. The molecule has 28 heavy (non-hydrogen) atoms. The maximum Gasteiger partial charge on any atom is 0.490 e. The van der Waals surface area contributed by atoms with Gasteiger partial charge in [0.05, 0.1) is 5.41 Å². The molecule has 1 N–H and O–H groups in total. The van der Waals surface area contributed by atoms with Crippen molar-refractivity contribution in [2.75, 3.05) is 26.7 Å². The van der Waals surface area contributed by atoms with E-state index in [0.717, 1.165) is 31.5 Å². The molecular formula is C18H22F3N3O4. The summed E-state index contributed by atoms with van der Waals surface area (Å²) in [5, 5.41) is 7.12. The van der Waals surface area contributed by atoms with E-state index in [4.69, 9.17) is 9.90 Å². The summed E-state index contributed by atoms with van der Waals surface area (Å²) in [4.78, 5) is 41.6. The van der Waals surface area contributed by atoms with Crippen LogP contribution in [-0.4, -0.2) is 70.5 Å². The first-order valence-corrected chi connectivity index (χ1v) is 8.75. The summed E-state index contributed by atoms with van der Waals surface area (Å²) in [6, 6.07) is 5.50. The largest absolute Gasteiger partial charge is 0.490 e. The summed E-state index contributed by atoms with van der Waals surface area (Å²) in [6.45, 7) is 4.02. The Morgan fingerprint density at radius 2 is 1.68 bits per heavy atom. The first-order chi connectivity index (χ1) is 13.0. The lowest BCUT2D eigenvalue weighted by molar-refractivity contribution is -0.192. The van der Waals surface area contributed by atoms with Crippen molar-refractivity contribution in [1.29, 1.82) is 0 Å². The number of aryl methyl sites for hydroxylation is 1. The van der Waals surface area contributed by atoms with E-state index in [9.17, 15) is 22.8 Å². The molecule has 0 aromatic carbocycles. The third-order valence-electron chi connectivity index (χ3n) is 5.08. The molecule has 3 rings (SSSR count). The van der Waals surface area contributed by atoms with Crippen molar-refractivity contribution >= 4 is 17.8 Å². The van der Waals surface area contributed by atoms with Crippen molar-refractivity contribution in [3.63, 3.8) is 0 Å². The maximum absolute atomic E-state index is 12.5. The smallest absolute Gasteiger partial charge is 0.475 e. The van der Waals surface area contributed by atoms with Gasteiger partial charge in [0.15, 0.2) is 0 Å². The van der Waals surface area contributed by atoms with Crippen LogP contribution < -0.4 is 0 Å². The number of halogens is 3. The summed E-state index contributed by atoms with van der Waals surface area (Å²) in [5.41, 5.74) is 1.13. The Morgan fingerprint density at radius 3 is 2.11 bits per heavy atom. The molecule has 3 heterocycles. The van der Waals surface area contributed by atoms with Crippen LogP contribution in [-0.2, 0) is 9.59 Å². The number of likely N-dealkylation sites (tertiary alicyclic amines) is 2. The Morgan fingerprint density at radius 1 is 1.14 bits per heavy atom. The molecule has 2 amide bonds. The van der Waals surface area contributed by atoms with Crippen molar-refractivity contribution in [1.82, 2.24) is 14.8 Å². The molecule has 2 aliphatic rings. The topological polar surface area (TPSA) is 90.8 Å². The number of hydrogen-bond acceptors (Lipinski definition) is 4. The number of amides is 2. The number of carboxylic acid groups (broad SMARTS) is 1. The van der Waals surface area contributed by atoms with E-state index in [-0.39, 0.29) is 17.2 Å². The van der Waals surface area contributed by atoms with Crippen LogP contribution in [0.4, 0.5) is 13.2 Å². The molecule has 0 unspecified atom stereocenters. The number of pyridine rings is 1. The van der Waals surface area contributed by atoms with Gasteiger partial charge in [0.25, 0.3) is 5.91 Å². The van der Waals surface area contributed by atoms with Crippen LogP contribution in [0, 0.1) is 12.3 Å². The van der Waals surface area contributed by atoms with E-state index in [0.29, 0.717) is 18.8 Å². The predicted octanol–water partition coefficient (Wildman–Crippen LogP) is 2.11. The van der Waals surface area contributed by atoms with Gasteiger partial charge in [-0.15, -0.1) is 0 Å². The molecule has 1 spiro atoms. The van der Waals surface area contributed by atoms with Gasteiger partial charge < -0.3 is 14.9 Å². The molecule has 154 valence electrons. The van der Waals surface area contributed by atoms with Gasteiger partial charge in [-0.1, -0.05) is 6.07 Å². The number of aliphatic carboxylic acids is 1. The summed E-state index contributed by atoms with van der Waals surface area (Å²) in [6.07, 6.45) is -2.62. The van der Waals surface area contributed by atoms with Gasteiger partial charge in [0.1, 0.15) is 5.69 Å². The predicted molar refractivity (Wildman–Crippen MR) is 92.5 cm³/mol. The molecule has 2 fully saturated rings. The summed E-state index contributed by atoms with van der Waals surface area (Å²) >= 11 is 0. The lowest BCUT2D eigenvalue weighted by Crippen LogP contribution is -2.46. The van der Waals surface area contributed by atoms with Crippen LogP contribution in [0.25, 0.3) is 0 Å². The summed E-state index contributed by atoms with van der Waals surface area (Å²) in [5.74, 6) is -2.52. The highest BCUT2D eigenvalue weighted by Crippen LogP contribution is 2.41. The second-order valence-electron chi connectivity index (χ2n) is 7.02. The number of rotatable bonds is 1. The van der Waals surface area contributed by atoms with Crippen LogP contribution in [0.1, 0.15) is 35.4 Å². The molecule has 1 aromatic heterocycles. The molecule has 0 bridgehead atoms. The molecule has 10 heteroatoms. The minimum atomic E-state index is -5.08. The highest BCUT2D eigenvalue weighted by Gasteiger charge is 2.47. The average molecular weight is 401 g/mol. The van der Waals surface area contributed by atoms with E-state index >= 15 is 0 Å². The lowest BCUT2D eigenvalue weighted by atomic mass is 9.77. The number of carboxylic acids is 1. The monoisotopic (exact) mass is 401 g/mol. The highest BCUT2D eigenvalue weighted by atomic mass is 19.4. The summed E-state index contributed by atoms with van der Waals surface area (Å²) < 4.78 is 31.7. The minimum Gasteiger partial charge on any atom is -0.475 e. The Balaban J connectivity index is 0.000000345. The molecule has 0 atom stereocenters. The molecule has 0 saturated carbocycles. The number of carbonyl (C=O) groups is 3. The lowest BCUT2D eigenvalue weighted by Gasteiger charge is -2.37. The standard InChI is InChI=1S/C16H21N3O2.C2HF3O2/c1-12-4-3-5-13(17-12)14(20)19-10-7-16(8-11-19)6-9-18(2)15(16)21;3-2(4,5)1(6)7/h3-5H,6-11H2,1-2H3;(H,6,7). The third kappa shape index (κ3) is 4.79. The first-order valence-electron chi connectivity index (χ1n) is 8.75. The minimum absolute atomic E-state index is 0.0210. The number of carbonyl (C=O) groups excluding carboxylic acids is 2. The molecule has 1 aromatic rings. The van der Waals surface area contributed by atoms with Gasteiger partial charge in [0.2, 0.25) is 5.91 Å². The molecular weight excluding hydrogens is 379 g/mol. The number of hydrogen-bond donors (Lipinski definition) is 1.